The van der Waals surface area contributed by atoms with Gasteiger partial charge in [0.25, 0.3) is 0 Å². The third kappa shape index (κ3) is 4.88. The number of aliphatic carboxylic acids is 1. The van der Waals surface area contributed by atoms with Crippen LogP contribution in [0.2, 0.25) is 0 Å². The standard InChI is InChI=1S/C18H20FNO2/c1-13(11-15-6-2-3-8-17(15)19)20-16-7-4-5-14(12-16)9-10-18(21)22/h2-8,12-13,20H,9-11H2,1H3,(H,21,22). The van der Waals surface area contributed by atoms with Gasteiger partial charge in [-0.3, -0.25) is 4.79 Å². The molecule has 1 atom stereocenters. The second kappa shape index (κ2) is 7.59. The lowest BCUT2D eigenvalue weighted by Crippen LogP contribution is -2.18. The highest BCUT2D eigenvalue weighted by Gasteiger charge is 2.08. The Labute approximate surface area is 129 Å². The number of aryl methyl sites for hydroxylation is 1. The Morgan fingerprint density at radius 1 is 1.23 bits per heavy atom. The number of nitrogens with one attached hydrogen (secondary N) is 1. The van der Waals surface area contributed by atoms with E-state index in [1.54, 1.807) is 12.1 Å². The molecule has 2 aromatic rings. The first-order chi connectivity index (χ1) is 10.5. The second-order valence-corrected chi connectivity index (χ2v) is 5.44. The van der Waals surface area contributed by atoms with Gasteiger partial charge in [0.05, 0.1) is 0 Å². The molecule has 0 aliphatic heterocycles. The predicted molar refractivity (Wildman–Crippen MR) is 85.6 cm³/mol. The molecule has 2 N–H and O–H groups in total. The molecule has 0 aliphatic rings. The van der Waals surface area contributed by atoms with Gasteiger partial charge in [-0.15, -0.1) is 0 Å². The molecule has 22 heavy (non-hydrogen) atoms. The summed E-state index contributed by atoms with van der Waals surface area (Å²) in [5.74, 6) is -0.988. The van der Waals surface area contributed by atoms with Gasteiger partial charge in [0.1, 0.15) is 5.82 Å². The van der Waals surface area contributed by atoms with Gasteiger partial charge in [0.15, 0.2) is 0 Å². The molecule has 2 aromatic carbocycles. The van der Waals surface area contributed by atoms with Crippen molar-refractivity contribution in [3.63, 3.8) is 0 Å². The predicted octanol–water partition coefficient (Wildman–Crippen LogP) is 3.89. The molecule has 2 rings (SSSR count). The molecule has 0 aromatic heterocycles. The van der Waals surface area contributed by atoms with Crippen LogP contribution in [0.25, 0.3) is 0 Å². The molecule has 0 amide bonds. The second-order valence-electron chi connectivity index (χ2n) is 5.44. The number of carboxylic acids is 1. The maximum absolute atomic E-state index is 13.6. The summed E-state index contributed by atoms with van der Waals surface area (Å²) in [5, 5.41) is 12.1. The molecule has 0 spiro atoms. The van der Waals surface area contributed by atoms with Crippen LogP contribution in [0.15, 0.2) is 48.5 Å². The molecule has 116 valence electrons. The highest BCUT2D eigenvalue weighted by atomic mass is 19.1. The maximum atomic E-state index is 13.6. The van der Waals surface area contributed by atoms with Crippen LogP contribution in [-0.4, -0.2) is 17.1 Å². The number of hydrogen-bond acceptors (Lipinski definition) is 2. The van der Waals surface area contributed by atoms with Crippen molar-refractivity contribution in [2.75, 3.05) is 5.32 Å². The van der Waals surface area contributed by atoms with Gasteiger partial charge < -0.3 is 10.4 Å². The third-order valence-electron chi connectivity index (χ3n) is 3.45. The molecule has 0 saturated carbocycles. The molecular formula is C18H20FNO2. The normalized spacial score (nSPS) is 11.9. The summed E-state index contributed by atoms with van der Waals surface area (Å²) in [5.41, 5.74) is 2.58. The maximum Gasteiger partial charge on any atom is 0.303 e. The first-order valence-corrected chi connectivity index (χ1v) is 7.35. The largest absolute Gasteiger partial charge is 0.481 e. The lowest BCUT2D eigenvalue weighted by molar-refractivity contribution is -0.136. The zero-order valence-electron chi connectivity index (χ0n) is 12.6. The smallest absolute Gasteiger partial charge is 0.303 e. The van der Waals surface area contributed by atoms with Gasteiger partial charge in [-0.2, -0.15) is 0 Å². The van der Waals surface area contributed by atoms with Gasteiger partial charge in [0.2, 0.25) is 0 Å². The molecule has 4 heteroatoms. The fourth-order valence-electron chi connectivity index (χ4n) is 2.40. The summed E-state index contributed by atoms with van der Waals surface area (Å²) in [7, 11) is 0. The molecule has 0 radical (unpaired) electrons. The topological polar surface area (TPSA) is 49.3 Å². The number of hydrogen-bond donors (Lipinski definition) is 2. The number of halogens is 1. The van der Waals surface area contributed by atoms with Gasteiger partial charge in [-0.25, -0.2) is 4.39 Å². The van der Waals surface area contributed by atoms with Gasteiger partial charge in [0, 0.05) is 18.2 Å². The molecule has 0 aliphatic carbocycles. The minimum atomic E-state index is -0.800. The summed E-state index contributed by atoms with van der Waals surface area (Å²) in [4.78, 5) is 10.6. The summed E-state index contributed by atoms with van der Waals surface area (Å²) >= 11 is 0. The van der Waals surface area contributed by atoms with Crippen molar-refractivity contribution >= 4 is 11.7 Å². The van der Waals surface area contributed by atoms with Crippen LogP contribution in [0.5, 0.6) is 0 Å². The Morgan fingerprint density at radius 2 is 2.00 bits per heavy atom. The number of anilines is 1. The van der Waals surface area contributed by atoms with Crippen molar-refractivity contribution in [2.45, 2.75) is 32.2 Å². The average Bonchev–Trinajstić information content (AvgIpc) is 2.48. The summed E-state index contributed by atoms with van der Waals surface area (Å²) < 4.78 is 13.6. The molecule has 0 bridgehead atoms. The lowest BCUT2D eigenvalue weighted by Gasteiger charge is -2.16. The monoisotopic (exact) mass is 301 g/mol. The molecule has 3 nitrogen and oxygen atoms in total. The van der Waals surface area contributed by atoms with Crippen LogP contribution in [0.1, 0.15) is 24.5 Å². The average molecular weight is 301 g/mol. The Bertz CT molecular complexity index is 642. The molecular weight excluding hydrogens is 281 g/mol. The number of rotatable bonds is 7. The SMILES string of the molecule is CC(Cc1ccccc1F)Nc1cccc(CCC(=O)O)c1. The first kappa shape index (κ1) is 16.0. The zero-order chi connectivity index (χ0) is 15.9. The van der Waals surface area contributed by atoms with E-state index in [1.807, 2.05) is 37.3 Å². The summed E-state index contributed by atoms with van der Waals surface area (Å²) in [6.45, 7) is 2.00. The van der Waals surface area contributed by atoms with E-state index < -0.39 is 5.97 Å². The van der Waals surface area contributed by atoms with Crippen molar-refractivity contribution < 1.29 is 14.3 Å². The fourth-order valence-corrected chi connectivity index (χ4v) is 2.40. The van der Waals surface area contributed by atoms with E-state index in [4.69, 9.17) is 5.11 Å². The van der Waals surface area contributed by atoms with E-state index in [-0.39, 0.29) is 18.3 Å². The van der Waals surface area contributed by atoms with E-state index in [9.17, 15) is 9.18 Å². The fraction of sp³-hybridized carbons (Fsp3) is 0.278. The molecule has 0 saturated heterocycles. The van der Waals surface area contributed by atoms with Crippen molar-refractivity contribution in [1.82, 2.24) is 0 Å². The first-order valence-electron chi connectivity index (χ1n) is 7.35. The van der Waals surface area contributed by atoms with E-state index in [1.165, 1.54) is 6.07 Å². The van der Waals surface area contributed by atoms with Crippen molar-refractivity contribution in [2.24, 2.45) is 0 Å². The van der Waals surface area contributed by atoms with E-state index in [0.29, 0.717) is 18.4 Å². The highest BCUT2D eigenvalue weighted by molar-refractivity contribution is 5.67. The number of carboxylic acid groups (broad SMARTS) is 1. The van der Waals surface area contributed by atoms with Gasteiger partial charge >= 0.3 is 5.97 Å². The van der Waals surface area contributed by atoms with Gasteiger partial charge in [-0.05, 0) is 49.1 Å². The minimum absolute atomic E-state index is 0.0756. The van der Waals surface area contributed by atoms with Crippen LogP contribution < -0.4 is 5.32 Å². The van der Waals surface area contributed by atoms with Crippen molar-refractivity contribution in [3.05, 3.63) is 65.5 Å². The lowest BCUT2D eigenvalue weighted by atomic mass is 10.1. The van der Waals surface area contributed by atoms with Gasteiger partial charge in [-0.1, -0.05) is 30.3 Å². The Morgan fingerprint density at radius 3 is 2.73 bits per heavy atom. The zero-order valence-corrected chi connectivity index (χ0v) is 12.6. The van der Waals surface area contributed by atoms with E-state index in [2.05, 4.69) is 5.32 Å². The highest BCUT2D eigenvalue weighted by Crippen LogP contribution is 2.16. The van der Waals surface area contributed by atoms with E-state index >= 15 is 0 Å². The molecule has 1 unspecified atom stereocenters. The van der Waals surface area contributed by atoms with Crippen LogP contribution >= 0.6 is 0 Å². The molecule has 0 heterocycles. The van der Waals surface area contributed by atoms with Crippen LogP contribution in [0, 0.1) is 5.82 Å². The Kier molecular flexibility index (Phi) is 5.53. The summed E-state index contributed by atoms with van der Waals surface area (Å²) in [6, 6.07) is 14.5. The quantitative estimate of drug-likeness (QED) is 0.816. The molecule has 0 fully saturated rings. The van der Waals surface area contributed by atoms with Crippen LogP contribution in [0.3, 0.4) is 0 Å². The Hall–Kier alpha value is -2.36. The van der Waals surface area contributed by atoms with Crippen LogP contribution in [-0.2, 0) is 17.6 Å². The number of benzene rings is 2. The Balaban J connectivity index is 1.96. The summed E-state index contributed by atoms with van der Waals surface area (Å²) in [6.07, 6.45) is 1.22. The number of carbonyl (C=O) groups is 1. The minimum Gasteiger partial charge on any atom is -0.481 e. The van der Waals surface area contributed by atoms with Crippen molar-refractivity contribution in [3.8, 4) is 0 Å². The van der Waals surface area contributed by atoms with E-state index in [0.717, 1.165) is 11.3 Å². The third-order valence-corrected chi connectivity index (χ3v) is 3.45. The van der Waals surface area contributed by atoms with Crippen LogP contribution in [0.4, 0.5) is 10.1 Å². The van der Waals surface area contributed by atoms with Crippen molar-refractivity contribution in [1.29, 1.82) is 0 Å².